The molecule has 0 fully saturated rings. The molecule has 1 atom stereocenters. The number of hydrogen-bond donors (Lipinski definition) is 0. The Bertz CT molecular complexity index is 1870. The van der Waals surface area contributed by atoms with Crippen molar-refractivity contribution in [2.75, 3.05) is 4.90 Å². The fourth-order valence-electron chi connectivity index (χ4n) is 5.88. The molecule has 2 aliphatic rings. The first-order valence-electron chi connectivity index (χ1n) is 15.2. The minimum Gasteiger partial charge on any atom is -1.00 e. The van der Waals surface area contributed by atoms with E-state index < -0.39 is 0 Å². The molecule has 0 aromatic heterocycles. The van der Waals surface area contributed by atoms with Gasteiger partial charge in [-0.15, -0.1) is 63.4 Å². The molecule has 230 valence electrons. The third-order valence-electron chi connectivity index (χ3n) is 7.90. The van der Waals surface area contributed by atoms with Gasteiger partial charge in [0.25, 0.3) is 0 Å². The molecular formula is C40H41Cl2NSiZr-2. The van der Waals surface area contributed by atoms with Gasteiger partial charge in [0.2, 0.25) is 0 Å². The van der Waals surface area contributed by atoms with Crippen LogP contribution in [-0.4, -0.2) is 11.5 Å². The van der Waals surface area contributed by atoms with Crippen LogP contribution < -0.4 is 29.7 Å². The van der Waals surface area contributed by atoms with Crippen molar-refractivity contribution in [3.8, 4) is 11.1 Å². The molecule has 5 aromatic carbocycles. The van der Waals surface area contributed by atoms with Gasteiger partial charge < -0.3 is 29.7 Å². The maximum Gasteiger partial charge on any atom is -0.0279 e. The van der Waals surface area contributed by atoms with E-state index in [1.807, 2.05) is 0 Å². The van der Waals surface area contributed by atoms with Crippen molar-refractivity contribution < 1.29 is 48.1 Å². The number of halogens is 2. The van der Waals surface area contributed by atoms with Gasteiger partial charge in [-0.05, 0) is 29.9 Å². The van der Waals surface area contributed by atoms with E-state index >= 15 is 0 Å². The van der Waals surface area contributed by atoms with Crippen molar-refractivity contribution in [3.63, 3.8) is 0 Å². The van der Waals surface area contributed by atoms with E-state index in [1.54, 1.807) is 23.3 Å². The molecule has 0 radical (unpaired) electrons. The normalized spacial score (nSPS) is 14.7. The molecule has 1 aliphatic carbocycles. The second kappa shape index (κ2) is 16.3. The number of allylic oxidation sites excluding steroid dienone is 3. The first-order chi connectivity index (χ1) is 20.6. The molecular weight excluding hydrogens is 685 g/mol. The second-order valence-electron chi connectivity index (χ2n) is 12.1. The summed E-state index contributed by atoms with van der Waals surface area (Å²) in [5, 5.41) is 5.35. The molecule has 5 aromatic rings. The number of anilines is 1. The number of aryl methyl sites for hydroxylation is 2. The van der Waals surface area contributed by atoms with E-state index in [9.17, 15) is 0 Å². The predicted octanol–water partition coefficient (Wildman–Crippen LogP) is 4.89. The molecule has 1 aliphatic heterocycles. The van der Waals surface area contributed by atoms with Gasteiger partial charge in [0.1, 0.15) is 0 Å². The molecule has 0 spiro atoms. The van der Waals surface area contributed by atoms with Crippen molar-refractivity contribution in [1.82, 2.24) is 0 Å². The Hall–Kier alpha value is -2.55. The summed E-state index contributed by atoms with van der Waals surface area (Å²) in [6, 6.07) is 35.1. The predicted molar refractivity (Wildman–Crippen MR) is 186 cm³/mol. The van der Waals surface area contributed by atoms with E-state index in [0.717, 1.165) is 0 Å². The zero-order valence-electron chi connectivity index (χ0n) is 27.3. The van der Waals surface area contributed by atoms with Crippen LogP contribution in [0.15, 0.2) is 126 Å². The van der Waals surface area contributed by atoms with E-state index in [1.165, 1.54) is 66.3 Å². The van der Waals surface area contributed by atoms with Crippen LogP contribution in [0.25, 0.3) is 32.7 Å². The van der Waals surface area contributed by atoms with E-state index in [-0.39, 0.29) is 30.2 Å². The Morgan fingerprint density at radius 3 is 2.18 bits per heavy atom. The van der Waals surface area contributed by atoms with Gasteiger partial charge in [-0.3, -0.25) is 0 Å². The van der Waals surface area contributed by atoms with Crippen LogP contribution in [0.3, 0.4) is 0 Å². The van der Waals surface area contributed by atoms with E-state index in [2.05, 4.69) is 168 Å². The minimum absolute atomic E-state index is 0. The van der Waals surface area contributed by atoms with Crippen LogP contribution in [0.1, 0.15) is 31.9 Å². The second-order valence-corrected chi connectivity index (χ2v) is 21.5. The van der Waals surface area contributed by atoms with Gasteiger partial charge in [0.15, 0.2) is 0 Å². The molecule has 0 amide bonds. The summed E-state index contributed by atoms with van der Waals surface area (Å²) in [5.74, 6) is 0.517. The summed E-state index contributed by atoms with van der Waals surface area (Å²) < 4.78 is 0. The van der Waals surface area contributed by atoms with Gasteiger partial charge in [-0.2, -0.15) is 6.07 Å². The number of benzene rings is 4. The maximum absolute atomic E-state index is 3.57. The molecule has 1 nitrogen and oxygen atoms in total. The first-order valence-corrected chi connectivity index (χ1v) is 21.4. The average molecular weight is 726 g/mol. The fraction of sp³-hybridized carbons (Fsp3) is 0.225. The summed E-state index contributed by atoms with van der Waals surface area (Å²) in [5.41, 5.74) is 10.7. The standard InChI is InChI=1S/C21H20N.C17H15.C2H6Si.2ClH.Zr/c1-14(2)17-12-18-11-15(3)22(21(18)13-17)20-10-6-8-16-7-4-5-9-19(16)20;1-12-10-16-13(2)8-9-15(17(16)11-12)14-6-4-3-5-7-14;1-3-2;;;/h4-11,13-15H,1-3H3;3-11H,1-2H3;1-2H3;2*1H;/q2*-1;;;;+2/p-2. The quantitative estimate of drug-likeness (QED) is 0.189. The average Bonchev–Trinajstić information content (AvgIpc) is 3.66. The van der Waals surface area contributed by atoms with Crippen molar-refractivity contribution in [3.05, 3.63) is 143 Å². The van der Waals surface area contributed by atoms with Gasteiger partial charge in [-0.1, -0.05) is 112 Å². The number of nitrogens with zero attached hydrogens (tertiary/aromatic N) is 1. The molecule has 1 unspecified atom stereocenters. The van der Waals surface area contributed by atoms with Crippen LogP contribution in [-0.2, 0) is 23.3 Å². The van der Waals surface area contributed by atoms with Crippen molar-refractivity contribution in [2.24, 2.45) is 5.92 Å². The van der Waals surface area contributed by atoms with Crippen LogP contribution in [0, 0.1) is 25.8 Å². The molecule has 1 heterocycles. The Morgan fingerprint density at radius 1 is 0.844 bits per heavy atom. The summed E-state index contributed by atoms with van der Waals surface area (Å²) >= 11 is 1.74. The van der Waals surface area contributed by atoms with Crippen LogP contribution in [0.2, 0.25) is 13.1 Å². The Labute approximate surface area is 297 Å². The van der Waals surface area contributed by atoms with Gasteiger partial charge in [0, 0.05) is 17.1 Å². The molecule has 0 bridgehead atoms. The molecule has 0 N–H and O–H groups in total. The topological polar surface area (TPSA) is 3.24 Å². The van der Waals surface area contributed by atoms with Crippen molar-refractivity contribution in [1.29, 1.82) is 0 Å². The largest absolute Gasteiger partial charge is 1.00 e. The maximum atomic E-state index is 3.57. The summed E-state index contributed by atoms with van der Waals surface area (Å²) in [7, 11) is 0. The molecule has 0 saturated carbocycles. The molecule has 5 heteroatoms. The van der Waals surface area contributed by atoms with Gasteiger partial charge >= 0.3 is 41.9 Å². The fourth-order valence-corrected chi connectivity index (χ4v) is 5.88. The minimum atomic E-state index is 0. The van der Waals surface area contributed by atoms with Gasteiger partial charge in [-0.25, -0.2) is 0 Å². The van der Waals surface area contributed by atoms with Crippen LogP contribution in [0.5, 0.6) is 0 Å². The van der Waals surface area contributed by atoms with Gasteiger partial charge in [0.05, 0.1) is 0 Å². The van der Waals surface area contributed by atoms with E-state index in [4.69, 9.17) is 0 Å². The Morgan fingerprint density at radius 2 is 1.49 bits per heavy atom. The van der Waals surface area contributed by atoms with Crippen LogP contribution in [0.4, 0.5) is 5.69 Å². The SMILES string of the molecule is CC(C)C1=[C-]C2=CC(C)N(c3cccc4ccccc34)C2=C1.C[Si](C)=[Zr+2].Cc1cc2c(-c3ccccc3)ccc(C)c2[cH-]1.[Cl-].[Cl-]. The summed E-state index contributed by atoms with van der Waals surface area (Å²) in [4.78, 5) is 2.44. The smallest absolute Gasteiger partial charge is 0.0279 e. The summed E-state index contributed by atoms with van der Waals surface area (Å²) in [6.07, 6.45) is 8.20. The number of hydrogen-bond acceptors (Lipinski definition) is 1. The zero-order valence-corrected chi connectivity index (χ0v) is 32.2. The molecule has 0 saturated heterocycles. The van der Waals surface area contributed by atoms with Crippen LogP contribution >= 0.6 is 0 Å². The monoisotopic (exact) mass is 723 g/mol. The third-order valence-corrected chi connectivity index (χ3v) is 7.90. The Kier molecular flexibility index (Phi) is 13.4. The van der Waals surface area contributed by atoms with Crippen molar-refractivity contribution >= 4 is 32.7 Å². The first kappa shape index (κ1) is 36.9. The number of fused-ring (bicyclic) bond motifs is 3. The molecule has 7 rings (SSSR count). The summed E-state index contributed by atoms with van der Waals surface area (Å²) in [6.45, 7) is 15.7. The number of rotatable bonds is 3. The Balaban J connectivity index is 0.000000216. The third kappa shape index (κ3) is 8.44. The van der Waals surface area contributed by atoms with E-state index in [0.29, 0.717) is 12.0 Å². The molecule has 45 heavy (non-hydrogen) atoms. The van der Waals surface area contributed by atoms with Crippen molar-refractivity contribution in [2.45, 2.75) is 53.8 Å². The zero-order chi connectivity index (χ0) is 30.7.